The fourth-order valence-corrected chi connectivity index (χ4v) is 3.83. The Labute approximate surface area is 152 Å². The summed E-state index contributed by atoms with van der Waals surface area (Å²) in [6.07, 6.45) is 9.95. The molecule has 2 aromatic heterocycles. The van der Waals surface area contributed by atoms with Gasteiger partial charge in [-0.3, -0.25) is 9.78 Å². The predicted molar refractivity (Wildman–Crippen MR) is 97.1 cm³/mol. The van der Waals surface area contributed by atoms with E-state index in [0.717, 1.165) is 50.3 Å². The fraction of sp³-hybridized carbons (Fsp3) is 0.500. The van der Waals surface area contributed by atoms with E-state index in [0.29, 0.717) is 17.0 Å². The van der Waals surface area contributed by atoms with Crippen LogP contribution in [-0.2, 0) is 4.79 Å². The van der Waals surface area contributed by atoms with Crippen LogP contribution in [0.4, 0.5) is 5.69 Å². The van der Waals surface area contributed by atoms with Crippen LogP contribution in [0.5, 0.6) is 0 Å². The number of carbonyl (C=O) groups excluding carboxylic acids is 1. The Bertz CT molecular complexity index is 768. The number of likely N-dealkylation sites (tertiary alicyclic amines) is 1. The number of piperidine rings is 1. The van der Waals surface area contributed by atoms with Crippen molar-refractivity contribution in [1.29, 1.82) is 0 Å². The third-order valence-electron chi connectivity index (χ3n) is 5.36. The number of carbonyl (C=O) groups is 1. The fourth-order valence-electron chi connectivity index (χ4n) is 3.69. The van der Waals surface area contributed by atoms with Crippen LogP contribution >= 0.6 is 11.6 Å². The van der Waals surface area contributed by atoms with E-state index in [-0.39, 0.29) is 5.92 Å². The third kappa shape index (κ3) is 3.11. The minimum Gasteiger partial charge on any atom is -0.368 e. The lowest BCUT2D eigenvalue weighted by Gasteiger charge is -2.42. The molecule has 0 spiro atoms. The van der Waals surface area contributed by atoms with Gasteiger partial charge in [0.15, 0.2) is 0 Å². The Kier molecular flexibility index (Phi) is 4.37. The van der Waals surface area contributed by atoms with Crippen LogP contribution < -0.4 is 4.90 Å². The molecule has 6 nitrogen and oxygen atoms in total. The Morgan fingerprint density at radius 1 is 1.16 bits per heavy atom. The molecule has 1 amide bonds. The quantitative estimate of drug-likeness (QED) is 0.845. The molecule has 4 heterocycles. The molecule has 2 saturated heterocycles. The van der Waals surface area contributed by atoms with Crippen LogP contribution in [-0.4, -0.2) is 51.2 Å². The molecule has 4 rings (SSSR count). The first kappa shape index (κ1) is 16.4. The minimum atomic E-state index is 0.151. The van der Waals surface area contributed by atoms with Gasteiger partial charge < -0.3 is 9.80 Å². The van der Waals surface area contributed by atoms with E-state index in [2.05, 4.69) is 21.9 Å². The molecule has 7 heteroatoms. The standard InChI is InChI=1S/C18H22ClN5O/c1-13-3-9-23(13)18(25)14-4-7-22(8-5-14)17-11-20-6-2-16(17)24-12-15(19)10-21-24/h2,6,10-14H,3-5,7-9H2,1H3. The van der Waals surface area contributed by atoms with Crippen LogP contribution in [0, 0.1) is 5.92 Å². The highest BCUT2D eigenvalue weighted by Crippen LogP contribution is 2.30. The Morgan fingerprint density at radius 2 is 1.96 bits per heavy atom. The van der Waals surface area contributed by atoms with Gasteiger partial charge in [0, 0.05) is 44.0 Å². The van der Waals surface area contributed by atoms with Crippen LogP contribution in [0.3, 0.4) is 0 Å². The third-order valence-corrected chi connectivity index (χ3v) is 5.56. The topological polar surface area (TPSA) is 54.3 Å². The molecule has 2 aliphatic heterocycles. The molecule has 1 unspecified atom stereocenters. The van der Waals surface area contributed by atoms with E-state index in [1.165, 1.54) is 0 Å². The molecular weight excluding hydrogens is 338 g/mol. The average molecular weight is 360 g/mol. The van der Waals surface area contributed by atoms with Gasteiger partial charge in [0.1, 0.15) is 0 Å². The molecule has 0 aliphatic carbocycles. The van der Waals surface area contributed by atoms with Crippen molar-refractivity contribution in [2.24, 2.45) is 5.92 Å². The molecule has 0 saturated carbocycles. The highest BCUT2D eigenvalue weighted by Gasteiger charge is 2.35. The lowest BCUT2D eigenvalue weighted by Crippen LogP contribution is -2.53. The molecule has 132 valence electrons. The number of halogens is 1. The predicted octanol–water partition coefficient (Wildman–Crippen LogP) is 2.76. The number of amides is 1. The van der Waals surface area contributed by atoms with Gasteiger partial charge in [0.05, 0.1) is 28.8 Å². The average Bonchev–Trinajstić information content (AvgIpc) is 3.07. The number of rotatable bonds is 3. The maximum Gasteiger partial charge on any atom is 0.226 e. The largest absolute Gasteiger partial charge is 0.368 e. The zero-order valence-corrected chi connectivity index (χ0v) is 15.1. The number of hydrogen-bond donors (Lipinski definition) is 0. The number of aromatic nitrogens is 3. The molecule has 1 atom stereocenters. The maximum absolute atomic E-state index is 12.6. The van der Waals surface area contributed by atoms with Crippen LogP contribution in [0.1, 0.15) is 26.2 Å². The van der Waals surface area contributed by atoms with Crippen LogP contribution in [0.2, 0.25) is 5.02 Å². The van der Waals surface area contributed by atoms with Gasteiger partial charge in [-0.2, -0.15) is 5.10 Å². The SMILES string of the molecule is CC1CCN1C(=O)C1CCN(c2cnccc2-n2cc(Cl)cn2)CC1. The van der Waals surface area contributed by atoms with Gasteiger partial charge in [0.2, 0.25) is 5.91 Å². The van der Waals surface area contributed by atoms with Gasteiger partial charge in [-0.05, 0) is 32.3 Å². The van der Waals surface area contributed by atoms with Crippen molar-refractivity contribution >= 4 is 23.2 Å². The van der Waals surface area contributed by atoms with E-state index >= 15 is 0 Å². The molecule has 2 aromatic rings. The summed E-state index contributed by atoms with van der Waals surface area (Å²) in [5.74, 6) is 0.488. The van der Waals surface area contributed by atoms with Gasteiger partial charge in [0.25, 0.3) is 0 Å². The second-order valence-electron chi connectivity index (χ2n) is 6.90. The molecule has 2 aliphatic rings. The number of nitrogens with zero attached hydrogens (tertiary/aromatic N) is 5. The molecule has 0 radical (unpaired) electrons. The summed E-state index contributed by atoms with van der Waals surface area (Å²) in [4.78, 5) is 21.2. The van der Waals surface area contributed by atoms with E-state index in [1.54, 1.807) is 23.3 Å². The number of anilines is 1. The second-order valence-corrected chi connectivity index (χ2v) is 7.33. The lowest BCUT2D eigenvalue weighted by atomic mass is 9.92. The van der Waals surface area contributed by atoms with Gasteiger partial charge in [-0.1, -0.05) is 11.6 Å². The summed E-state index contributed by atoms with van der Waals surface area (Å²) in [7, 11) is 0. The van der Waals surface area contributed by atoms with Crippen molar-refractivity contribution in [1.82, 2.24) is 19.7 Å². The summed E-state index contributed by atoms with van der Waals surface area (Å²) in [6, 6.07) is 2.36. The summed E-state index contributed by atoms with van der Waals surface area (Å²) >= 11 is 6.01. The van der Waals surface area contributed by atoms with E-state index in [1.807, 2.05) is 17.2 Å². The monoisotopic (exact) mass is 359 g/mol. The van der Waals surface area contributed by atoms with E-state index in [4.69, 9.17) is 11.6 Å². The van der Waals surface area contributed by atoms with Crippen molar-refractivity contribution in [2.45, 2.75) is 32.2 Å². The first-order valence-electron chi connectivity index (χ1n) is 8.83. The summed E-state index contributed by atoms with van der Waals surface area (Å²) in [6.45, 7) is 4.76. The highest BCUT2D eigenvalue weighted by molar-refractivity contribution is 6.30. The Morgan fingerprint density at radius 3 is 2.56 bits per heavy atom. The minimum absolute atomic E-state index is 0.151. The zero-order valence-electron chi connectivity index (χ0n) is 14.3. The first-order chi connectivity index (χ1) is 12.1. The van der Waals surface area contributed by atoms with Gasteiger partial charge in [-0.25, -0.2) is 4.68 Å². The summed E-state index contributed by atoms with van der Waals surface area (Å²) in [5, 5.41) is 4.91. The molecule has 0 N–H and O–H groups in total. The molecule has 25 heavy (non-hydrogen) atoms. The van der Waals surface area contributed by atoms with Crippen molar-refractivity contribution in [3.63, 3.8) is 0 Å². The Balaban J connectivity index is 1.47. The highest BCUT2D eigenvalue weighted by atomic mass is 35.5. The zero-order chi connectivity index (χ0) is 17.4. The molecular formula is C18H22ClN5O. The number of hydrogen-bond acceptors (Lipinski definition) is 4. The van der Waals surface area contributed by atoms with Gasteiger partial charge in [-0.15, -0.1) is 0 Å². The summed E-state index contributed by atoms with van der Waals surface area (Å²) in [5.41, 5.74) is 1.99. The second kappa shape index (κ2) is 6.67. The smallest absolute Gasteiger partial charge is 0.226 e. The summed E-state index contributed by atoms with van der Waals surface area (Å²) < 4.78 is 1.78. The van der Waals surface area contributed by atoms with Gasteiger partial charge >= 0.3 is 0 Å². The van der Waals surface area contributed by atoms with Crippen LogP contribution in [0.25, 0.3) is 5.69 Å². The normalized spacial score (nSPS) is 21.3. The van der Waals surface area contributed by atoms with Crippen molar-refractivity contribution in [2.75, 3.05) is 24.5 Å². The van der Waals surface area contributed by atoms with Crippen molar-refractivity contribution < 1.29 is 4.79 Å². The van der Waals surface area contributed by atoms with Crippen molar-refractivity contribution in [3.05, 3.63) is 35.9 Å². The van der Waals surface area contributed by atoms with Crippen molar-refractivity contribution in [3.8, 4) is 5.69 Å². The molecule has 0 aromatic carbocycles. The number of pyridine rings is 1. The van der Waals surface area contributed by atoms with E-state index < -0.39 is 0 Å². The first-order valence-corrected chi connectivity index (χ1v) is 9.21. The lowest BCUT2D eigenvalue weighted by molar-refractivity contribution is -0.143. The Hall–Kier alpha value is -2.08. The molecule has 2 fully saturated rings. The van der Waals surface area contributed by atoms with Crippen LogP contribution in [0.15, 0.2) is 30.9 Å². The maximum atomic E-state index is 12.6. The van der Waals surface area contributed by atoms with E-state index in [9.17, 15) is 4.79 Å². The molecule has 0 bridgehead atoms.